The van der Waals surface area contributed by atoms with E-state index < -0.39 is 0 Å². The van der Waals surface area contributed by atoms with Gasteiger partial charge >= 0.3 is 0 Å². The molecule has 0 radical (unpaired) electrons. The van der Waals surface area contributed by atoms with Gasteiger partial charge in [-0.3, -0.25) is 4.79 Å². The van der Waals surface area contributed by atoms with Gasteiger partial charge in [0.1, 0.15) is 5.78 Å². The van der Waals surface area contributed by atoms with Gasteiger partial charge in [-0.05, 0) is 43.4 Å². The van der Waals surface area contributed by atoms with Crippen molar-refractivity contribution in [1.82, 2.24) is 0 Å². The fourth-order valence-corrected chi connectivity index (χ4v) is 4.24. The first kappa shape index (κ1) is 14.1. The number of hydrogen-bond acceptors (Lipinski definition) is 1. The summed E-state index contributed by atoms with van der Waals surface area (Å²) in [6.45, 7) is 4.63. The molecule has 104 valence electrons. The summed E-state index contributed by atoms with van der Waals surface area (Å²) in [6, 6.07) is 0. The maximum atomic E-state index is 12.3. The highest BCUT2D eigenvalue weighted by molar-refractivity contribution is 5.81. The molecule has 0 heterocycles. The van der Waals surface area contributed by atoms with Crippen LogP contribution >= 0.6 is 0 Å². The van der Waals surface area contributed by atoms with Crippen LogP contribution in [-0.4, -0.2) is 5.78 Å². The van der Waals surface area contributed by atoms with Crippen LogP contribution in [0.3, 0.4) is 0 Å². The summed E-state index contributed by atoms with van der Waals surface area (Å²) >= 11 is 0. The number of hydrogen-bond donors (Lipinski definition) is 0. The Hall–Kier alpha value is -0.330. The highest BCUT2D eigenvalue weighted by atomic mass is 16.1. The molecule has 2 aliphatic rings. The van der Waals surface area contributed by atoms with Crippen LogP contribution in [0.5, 0.6) is 0 Å². The van der Waals surface area contributed by atoms with Crippen LogP contribution in [0.1, 0.15) is 78.1 Å². The van der Waals surface area contributed by atoms with Gasteiger partial charge in [-0.15, -0.1) is 0 Å². The number of ketones is 1. The van der Waals surface area contributed by atoms with E-state index >= 15 is 0 Å². The summed E-state index contributed by atoms with van der Waals surface area (Å²) in [4.78, 5) is 12.3. The van der Waals surface area contributed by atoms with Crippen LogP contribution < -0.4 is 0 Å². The Morgan fingerprint density at radius 1 is 0.944 bits per heavy atom. The number of carbonyl (C=O) groups is 1. The summed E-state index contributed by atoms with van der Waals surface area (Å²) in [5, 5.41) is 0. The fraction of sp³-hybridized carbons (Fsp3) is 0.941. The maximum absolute atomic E-state index is 12.3. The smallest absolute Gasteiger partial charge is 0.136 e. The second-order valence-electron chi connectivity index (χ2n) is 7.12. The van der Waals surface area contributed by atoms with Gasteiger partial charge in [0.05, 0.1) is 0 Å². The third-order valence-corrected chi connectivity index (χ3v) is 5.16. The average molecular weight is 250 g/mol. The Balaban J connectivity index is 1.73. The molecule has 2 fully saturated rings. The standard InChI is InChI=1S/C17H30O/c1-13-10-14(2)12-16(11-13)17(18)9-8-15-6-4-3-5-7-15/h13-16H,3-12H2,1-2H3. The van der Waals surface area contributed by atoms with Crippen LogP contribution in [0.15, 0.2) is 0 Å². The van der Waals surface area contributed by atoms with Crippen molar-refractivity contribution in [3.05, 3.63) is 0 Å². The molecule has 0 amide bonds. The first-order valence-corrected chi connectivity index (χ1v) is 8.18. The summed E-state index contributed by atoms with van der Waals surface area (Å²) in [7, 11) is 0. The van der Waals surface area contributed by atoms with Crippen molar-refractivity contribution < 1.29 is 4.79 Å². The minimum atomic E-state index is 0.396. The van der Waals surface area contributed by atoms with Gasteiger partial charge in [0.25, 0.3) is 0 Å². The van der Waals surface area contributed by atoms with E-state index in [1.807, 2.05) is 0 Å². The molecule has 0 aromatic heterocycles. The highest BCUT2D eigenvalue weighted by Crippen LogP contribution is 2.35. The van der Waals surface area contributed by atoms with E-state index in [4.69, 9.17) is 0 Å². The average Bonchev–Trinajstić information content (AvgIpc) is 2.36. The molecule has 0 N–H and O–H groups in total. The molecular formula is C17H30O. The summed E-state index contributed by atoms with van der Waals surface area (Å²) in [5.41, 5.74) is 0. The zero-order chi connectivity index (χ0) is 13.0. The molecule has 2 aliphatic carbocycles. The Labute approximate surface area is 113 Å². The number of carbonyl (C=O) groups excluding carboxylic acids is 1. The summed E-state index contributed by atoms with van der Waals surface area (Å²) in [5.74, 6) is 3.36. The maximum Gasteiger partial charge on any atom is 0.136 e. The van der Waals surface area contributed by atoms with Crippen molar-refractivity contribution in [2.45, 2.75) is 78.1 Å². The molecule has 2 atom stereocenters. The number of Topliss-reactive ketones (excluding diaryl/α,β-unsaturated/α-hetero) is 1. The molecule has 0 saturated heterocycles. The Kier molecular flexibility index (Phi) is 5.26. The highest BCUT2D eigenvalue weighted by Gasteiger charge is 2.28. The first-order valence-electron chi connectivity index (χ1n) is 8.18. The van der Waals surface area contributed by atoms with Crippen molar-refractivity contribution >= 4 is 5.78 Å². The second kappa shape index (κ2) is 6.73. The van der Waals surface area contributed by atoms with Crippen molar-refractivity contribution in [3.63, 3.8) is 0 Å². The van der Waals surface area contributed by atoms with E-state index in [2.05, 4.69) is 13.8 Å². The summed E-state index contributed by atoms with van der Waals surface area (Å²) in [6.07, 6.45) is 12.7. The Morgan fingerprint density at radius 3 is 2.17 bits per heavy atom. The van der Waals surface area contributed by atoms with Crippen LogP contribution in [0.2, 0.25) is 0 Å². The molecular weight excluding hydrogens is 220 g/mol. The van der Waals surface area contributed by atoms with E-state index in [1.54, 1.807) is 0 Å². The van der Waals surface area contributed by atoms with Gasteiger partial charge in [-0.1, -0.05) is 46.0 Å². The Morgan fingerprint density at radius 2 is 1.56 bits per heavy atom. The van der Waals surface area contributed by atoms with Gasteiger partial charge in [0.2, 0.25) is 0 Å². The van der Waals surface area contributed by atoms with Gasteiger partial charge in [-0.25, -0.2) is 0 Å². The fourth-order valence-electron chi connectivity index (χ4n) is 4.24. The lowest BCUT2D eigenvalue weighted by atomic mass is 9.74. The molecule has 0 aliphatic heterocycles. The molecule has 2 rings (SSSR count). The summed E-state index contributed by atoms with van der Waals surface area (Å²) < 4.78 is 0. The zero-order valence-electron chi connectivity index (χ0n) is 12.3. The Bertz CT molecular complexity index is 255. The van der Waals surface area contributed by atoms with Crippen molar-refractivity contribution in [2.24, 2.45) is 23.7 Å². The van der Waals surface area contributed by atoms with Crippen LogP contribution in [-0.2, 0) is 4.79 Å². The molecule has 1 heteroatoms. The third-order valence-electron chi connectivity index (χ3n) is 5.16. The molecule has 0 bridgehead atoms. The molecule has 0 spiro atoms. The van der Waals surface area contributed by atoms with Crippen molar-refractivity contribution in [2.75, 3.05) is 0 Å². The molecule has 0 aromatic rings. The van der Waals surface area contributed by atoms with E-state index in [1.165, 1.54) is 44.9 Å². The minimum absolute atomic E-state index is 0.396. The van der Waals surface area contributed by atoms with Gasteiger partial charge < -0.3 is 0 Å². The van der Waals surface area contributed by atoms with Crippen molar-refractivity contribution in [1.29, 1.82) is 0 Å². The predicted octanol–water partition coefficient (Wildman–Crippen LogP) is 4.99. The van der Waals surface area contributed by atoms with Gasteiger partial charge in [0.15, 0.2) is 0 Å². The van der Waals surface area contributed by atoms with Gasteiger partial charge in [-0.2, -0.15) is 0 Å². The van der Waals surface area contributed by atoms with E-state index in [0.29, 0.717) is 11.7 Å². The predicted molar refractivity (Wildman–Crippen MR) is 76.5 cm³/mol. The first-order chi connectivity index (χ1) is 8.65. The quantitative estimate of drug-likeness (QED) is 0.687. The topological polar surface area (TPSA) is 17.1 Å². The SMILES string of the molecule is CC1CC(C)CC(C(=O)CCC2CCCCC2)C1. The molecule has 2 unspecified atom stereocenters. The lowest BCUT2D eigenvalue weighted by molar-refractivity contribution is -0.125. The van der Waals surface area contributed by atoms with E-state index in [0.717, 1.165) is 37.0 Å². The van der Waals surface area contributed by atoms with Crippen LogP contribution in [0.25, 0.3) is 0 Å². The lowest BCUT2D eigenvalue weighted by Crippen LogP contribution is -2.26. The van der Waals surface area contributed by atoms with E-state index in [9.17, 15) is 4.79 Å². The molecule has 2 saturated carbocycles. The molecule has 1 nitrogen and oxygen atoms in total. The largest absolute Gasteiger partial charge is 0.299 e. The third kappa shape index (κ3) is 4.10. The van der Waals surface area contributed by atoms with Gasteiger partial charge in [0, 0.05) is 12.3 Å². The minimum Gasteiger partial charge on any atom is -0.299 e. The lowest BCUT2D eigenvalue weighted by Gasteiger charge is -2.31. The molecule has 18 heavy (non-hydrogen) atoms. The van der Waals surface area contributed by atoms with Crippen LogP contribution in [0.4, 0.5) is 0 Å². The second-order valence-corrected chi connectivity index (χ2v) is 7.12. The monoisotopic (exact) mass is 250 g/mol. The number of rotatable bonds is 4. The van der Waals surface area contributed by atoms with Crippen molar-refractivity contribution in [3.8, 4) is 0 Å². The van der Waals surface area contributed by atoms with Crippen LogP contribution in [0, 0.1) is 23.7 Å². The van der Waals surface area contributed by atoms with E-state index in [-0.39, 0.29) is 0 Å². The molecule has 0 aromatic carbocycles. The zero-order valence-corrected chi connectivity index (χ0v) is 12.3. The normalized spacial score (nSPS) is 34.4.